The first-order valence-electron chi connectivity index (χ1n) is 6.96. The SMILES string of the molecule is CCc1ccc(CC(Cc2c(Cl)cccc2Cl)NN)nc1. The Labute approximate surface area is 135 Å². The zero-order valence-electron chi connectivity index (χ0n) is 11.9. The van der Waals surface area contributed by atoms with E-state index >= 15 is 0 Å². The normalized spacial score (nSPS) is 12.4. The van der Waals surface area contributed by atoms with Crippen molar-refractivity contribution in [1.82, 2.24) is 10.4 Å². The highest BCUT2D eigenvalue weighted by Crippen LogP contribution is 2.26. The molecule has 0 aliphatic heterocycles. The van der Waals surface area contributed by atoms with Crippen LogP contribution >= 0.6 is 23.2 Å². The van der Waals surface area contributed by atoms with E-state index in [1.807, 2.05) is 30.5 Å². The molecular formula is C16H19Cl2N3. The van der Waals surface area contributed by atoms with Crippen LogP contribution in [0.4, 0.5) is 0 Å². The van der Waals surface area contributed by atoms with Gasteiger partial charge < -0.3 is 0 Å². The number of hydrogen-bond donors (Lipinski definition) is 2. The monoisotopic (exact) mass is 323 g/mol. The molecule has 5 heteroatoms. The topological polar surface area (TPSA) is 50.9 Å². The highest BCUT2D eigenvalue weighted by Gasteiger charge is 2.14. The molecule has 1 heterocycles. The fourth-order valence-corrected chi connectivity index (χ4v) is 2.75. The summed E-state index contributed by atoms with van der Waals surface area (Å²) in [6.45, 7) is 2.11. The first-order valence-corrected chi connectivity index (χ1v) is 7.72. The van der Waals surface area contributed by atoms with E-state index in [0.29, 0.717) is 16.5 Å². The van der Waals surface area contributed by atoms with E-state index in [9.17, 15) is 0 Å². The van der Waals surface area contributed by atoms with E-state index in [1.165, 1.54) is 5.56 Å². The zero-order chi connectivity index (χ0) is 15.2. The van der Waals surface area contributed by atoms with Gasteiger partial charge in [-0.15, -0.1) is 0 Å². The fourth-order valence-electron chi connectivity index (χ4n) is 2.20. The van der Waals surface area contributed by atoms with Crippen molar-refractivity contribution < 1.29 is 0 Å². The first-order chi connectivity index (χ1) is 10.1. The molecule has 2 aromatic rings. The maximum atomic E-state index is 6.20. The smallest absolute Gasteiger partial charge is 0.0453 e. The molecule has 1 unspecified atom stereocenters. The Hall–Kier alpha value is -1.13. The van der Waals surface area contributed by atoms with Gasteiger partial charge in [-0.05, 0) is 42.2 Å². The number of pyridine rings is 1. The van der Waals surface area contributed by atoms with Crippen molar-refractivity contribution in [2.45, 2.75) is 32.2 Å². The van der Waals surface area contributed by atoms with Gasteiger partial charge in [-0.1, -0.05) is 42.3 Å². The van der Waals surface area contributed by atoms with Crippen LogP contribution < -0.4 is 11.3 Å². The lowest BCUT2D eigenvalue weighted by atomic mass is 10.0. The Morgan fingerprint density at radius 2 is 1.86 bits per heavy atom. The van der Waals surface area contributed by atoms with Gasteiger partial charge in [0.2, 0.25) is 0 Å². The Morgan fingerprint density at radius 1 is 1.14 bits per heavy atom. The van der Waals surface area contributed by atoms with Gasteiger partial charge in [0.15, 0.2) is 0 Å². The van der Waals surface area contributed by atoms with Crippen molar-refractivity contribution in [2.75, 3.05) is 0 Å². The Bertz CT molecular complexity index is 564. The lowest BCUT2D eigenvalue weighted by Gasteiger charge is -2.17. The summed E-state index contributed by atoms with van der Waals surface area (Å²) >= 11 is 12.4. The molecule has 112 valence electrons. The molecule has 0 radical (unpaired) electrons. The van der Waals surface area contributed by atoms with Gasteiger partial charge in [0.25, 0.3) is 0 Å². The minimum atomic E-state index is 0.0300. The predicted molar refractivity (Wildman–Crippen MR) is 88.6 cm³/mol. The van der Waals surface area contributed by atoms with Gasteiger partial charge in [0, 0.05) is 34.4 Å². The summed E-state index contributed by atoms with van der Waals surface area (Å²) in [5, 5.41) is 1.33. The van der Waals surface area contributed by atoms with E-state index in [4.69, 9.17) is 29.0 Å². The molecule has 0 saturated heterocycles. The molecule has 0 amide bonds. The quantitative estimate of drug-likeness (QED) is 0.631. The Kier molecular flexibility index (Phi) is 6.00. The van der Waals surface area contributed by atoms with Crippen LogP contribution in [-0.2, 0) is 19.3 Å². The van der Waals surface area contributed by atoms with E-state index in [0.717, 1.165) is 24.1 Å². The third-order valence-electron chi connectivity index (χ3n) is 3.50. The number of hydrogen-bond acceptors (Lipinski definition) is 3. The molecule has 0 spiro atoms. The number of nitrogens with zero attached hydrogens (tertiary/aromatic N) is 1. The van der Waals surface area contributed by atoms with Crippen LogP contribution in [0, 0.1) is 0 Å². The number of aromatic nitrogens is 1. The van der Waals surface area contributed by atoms with Crippen LogP contribution in [0.5, 0.6) is 0 Å². The zero-order valence-corrected chi connectivity index (χ0v) is 13.5. The van der Waals surface area contributed by atoms with Gasteiger partial charge in [-0.25, -0.2) is 0 Å². The van der Waals surface area contributed by atoms with E-state index in [1.54, 1.807) is 0 Å². The third kappa shape index (κ3) is 4.42. The Balaban J connectivity index is 2.09. The number of aryl methyl sites for hydroxylation is 1. The molecule has 21 heavy (non-hydrogen) atoms. The van der Waals surface area contributed by atoms with Crippen molar-refractivity contribution >= 4 is 23.2 Å². The Morgan fingerprint density at radius 3 is 2.38 bits per heavy atom. The second-order valence-corrected chi connectivity index (χ2v) is 5.80. The van der Waals surface area contributed by atoms with Crippen molar-refractivity contribution in [1.29, 1.82) is 0 Å². The lowest BCUT2D eigenvalue weighted by molar-refractivity contribution is 0.517. The summed E-state index contributed by atoms with van der Waals surface area (Å²) in [6.07, 6.45) is 4.28. The molecule has 2 rings (SSSR count). The summed E-state index contributed by atoms with van der Waals surface area (Å²) in [6, 6.07) is 9.68. The summed E-state index contributed by atoms with van der Waals surface area (Å²) < 4.78 is 0. The first kappa shape index (κ1) is 16.2. The van der Waals surface area contributed by atoms with Gasteiger partial charge in [-0.3, -0.25) is 16.3 Å². The van der Waals surface area contributed by atoms with Crippen molar-refractivity contribution in [3.05, 3.63) is 63.4 Å². The van der Waals surface area contributed by atoms with Crippen molar-refractivity contribution in [3.63, 3.8) is 0 Å². The average Bonchev–Trinajstić information content (AvgIpc) is 2.50. The van der Waals surface area contributed by atoms with Crippen LogP contribution in [-0.4, -0.2) is 11.0 Å². The van der Waals surface area contributed by atoms with Crippen molar-refractivity contribution in [2.24, 2.45) is 5.84 Å². The molecule has 3 N–H and O–H groups in total. The van der Waals surface area contributed by atoms with Crippen LogP contribution in [0.25, 0.3) is 0 Å². The van der Waals surface area contributed by atoms with Crippen LogP contribution in [0.3, 0.4) is 0 Å². The van der Waals surface area contributed by atoms with Gasteiger partial charge in [0.05, 0.1) is 0 Å². The van der Waals surface area contributed by atoms with Gasteiger partial charge in [0.1, 0.15) is 0 Å². The molecule has 1 aromatic heterocycles. The number of nitrogens with one attached hydrogen (secondary N) is 1. The largest absolute Gasteiger partial charge is 0.271 e. The van der Waals surface area contributed by atoms with Gasteiger partial charge in [-0.2, -0.15) is 0 Å². The minimum absolute atomic E-state index is 0.0300. The third-order valence-corrected chi connectivity index (χ3v) is 4.21. The summed E-state index contributed by atoms with van der Waals surface area (Å²) in [5.74, 6) is 5.66. The van der Waals surface area contributed by atoms with Gasteiger partial charge >= 0.3 is 0 Å². The fraction of sp³-hybridized carbons (Fsp3) is 0.312. The van der Waals surface area contributed by atoms with Crippen molar-refractivity contribution in [3.8, 4) is 0 Å². The minimum Gasteiger partial charge on any atom is -0.271 e. The number of benzene rings is 1. The highest BCUT2D eigenvalue weighted by atomic mass is 35.5. The van der Waals surface area contributed by atoms with E-state index < -0.39 is 0 Å². The molecule has 3 nitrogen and oxygen atoms in total. The van der Waals surface area contributed by atoms with E-state index in [2.05, 4.69) is 23.4 Å². The maximum Gasteiger partial charge on any atom is 0.0453 e. The second-order valence-electron chi connectivity index (χ2n) is 4.98. The van der Waals surface area contributed by atoms with Crippen LogP contribution in [0.15, 0.2) is 36.5 Å². The number of nitrogens with two attached hydrogens (primary N) is 1. The number of hydrazine groups is 1. The number of rotatable bonds is 6. The van der Waals surface area contributed by atoms with Crippen LogP contribution in [0.1, 0.15) is 23.7 Å². The standard InChI is InChI=1S/C16H19Cl2N3/c1-2-11-6-7-12(20-10-11)8-13(21-19)9-14-15(17)4-3-5-16(14)18/h3-7,10,13,21H,2,8-9,19H2,1H3. The number of halogens is 2. The molecule has 1 aromatic carbocycles. The summed E-state index contributed by atoms with van der Waals surface area (Å²) in [7, 11) is 0. The molecular weight excluding hydrogens is 305 g/mol. The molecule has 0 fully saturated rings. The van der Waals surface area contributed by atoms with E-state index in [-0.39, 0.29) is 6.04 Å². The second kappa shape index (κ2) is 7.76. The predicted octanol–water partition coefficient (Wildman–Crippen LogP) is 3.57. The van der Waals surface area contributed by atoms with Crippen LogP contribution in [0.2, 0.25) is 10.0 Å². The summed E-state index contributed by atoms with van der Waals surface area (Å²) in [4.78, 5) is 4.46. The molecule has 0 aliphatic carbocycles. The molecule has 0 aliphatic rings. The molecule has 1 atom stereocenters. The maximum absolute atomic E-state index is 6.20. The lowest BCUT2D eigenvalue weighted by Crippen LogP contribution is -2.38. The molecule has 0 saturated carbocycles. The average molecular weight is 324 g/mol. The molecule has 0 bridgehead atoms. The summed E-state index contributed by atoms with van der Waals surface area (Å²) in [5.41, 5.74) is 5.96. The highest BCUT2D eigenvalue weighted by molar-refractivity contribution is 6.36.